The van der Waals surface area contributed by atoms with Crippen LogP contribution in [0, 0.1) is 16.2 Å². The molecule has 18 heavy (non-hydrogen) atoms. The Balaban J connectivity index is 5.31. The molecule has 1 unspecified atom stereocenters. The van der Waals surface area contributed by atoms with Crippen molar-refractivity contribution >= 4 is 5.97 Å². The first-order valence-electron chi connectivity index (χ1n) is 6.82. The van der Waals surface area contributed by atoms with E-state index in [-0.39, 0.29) is 16.8 Å². The Hall–Kier alpha value is -0.530. The third-order valence-corrected chi connectivity index (χ3v) is 3.39. The number of carbonyl (C=O) groups excluding carboxylic acids is 1. The summed E-state index contributed by atoms with van der Waals surface area (Å²) >= 11 is 0. The van der Waals surface area contributed by atoms with E-state index >= 15 is 0 Å². The number of esters is 1. The predicted octanol–water partition coefficient (Wildman–Crippen LogP) is 4.82. The number of carbonyl (C=O) groups is 1. The van der Waals surface area contributed by atoms with E-state index in [1.165, 1.54) is 0 Å². The highest BCUT2D eigenvalue weighted by atomic mass is 16.6. The van der Waals surface area contributed by atoms with Gasteiger partial charge in [-0.1, -0.05) is 41.5 Å². The highest BCUT2D eigenvalue weighted by Crippen LogP contribution is 2.47. The first-order valence-corrected chi connectivity index (χ1v) is 6.82. The predicted molar refractivity (Wildman–Crippen MR) is 77.5 cm³/mol. The Kier molecular flexibility index (Phi) is 4.72. The van der Waals surface area contributed by atoms with Crippen LogP contribution in [-0.4, -0.2) is 11.6 Å². The lowest BCUT2D eigenvalue weighted by molar-refractivity contribution is -0.176. The van der Waals surface area contributed by atoms with Crippen molar-refractivity contribution in [2.45, 2.75) is 81.3 Å². The quantitative estimate of drug-likeness (QED) is 0.662. The fraction of sp³-hybridized carbons (Fsp3) is 0.938. The van der Waals surface area contributed by atoms with Crippen LogP contribution in [0.4, 0.5) is 0 Å². The summed E-state index contributed by atoms with van der Waals surface area (Å²) in [6, 6.07) is 0. The summed E-state index contributed by atoms with van der Waals surface area (Å²) in [6.45, 7) is 20.6. The minimum absolute atomic E-state index is 0.0857. The smallest absolute Gasteiger partial charge is 0.312 e. The molecule has 0 aromatic rings. The fourth-order valence-corrected chi connectivity index (χ4v) is 2.09. The Morgan fingerprint density at radius 3 is 1.44 bits per heavy atom. The van der Waals surface area contributed by atoms with E-state index in [1.807, 2.05) is 27.7 Å². The van der Waals surface area contributed by atoms with Crippen LogP contribution in [-0.2, 0) is 9.53 Å². The molecule has 108 valence electrons. The summed E-state index contributed by atoms with van der Waals surface area (Å²) in [5.41, 5.74) is -0.929. The van der Waals surface area contributed by atoms with Crippen molar-refractivity contribution in [3.05, 3.63) is 0 Å². The van der Waals surface area contributed by atoms with Crippen LogP contribution >= 0.6 is 0 Å². The fourth-order valence-electron chi connectivity index (χ4n) is 2.09. The van der Waals surface area contributed by atoms with Crippen molar-refractivity contribution in [3.8, 4) is 0 Å². The van der Waals surface area contributed by atoms with Gasteiger partial charge in [-0.25, -0.2) is 0 Å². The minimum Gasteiger partial charge on any atom is -0.460 e. The van der Waals surface area contributed by atoms with Gasteiger partial charge in [-0.05, 0) is 44.9 Å². The van der Waals surface area contributed by atoms with Crippen molar-refractivity contribution < 1.29 is 9.53 Å². The van der Waals surface area contributed by atoms with Gasteiger partial charge in [-0.3, -0.25) is 4.79 Å². The summed E-state index contributed by atoms with van der Waals surface area (Å²) in [4.78, 5) is 12.6. The Morgan fingerprint density at radius 1 is 0.833 bits per heavy atom. The molecule has 0 radical (unpaired) electrons. The average molecular weight is 256 g/mol. The molecule has 0 aromatic carbocycles. The Bertz CT molecular complexity index is 297. The topological polar surface area (TPSA) is 26.3 Å². The van der Waals surface area contributed by atoms with Gasteiger partial charge < -0.3 is 4.74 Å². The maximum Gasteiger partial charge on any atom is 0.312 e. The van der Waals surface area contributed by atoms with Crippen LogP contribution in [0.15, 0.2) is 0 Å². The van der Waals surface area contributed by atoms with Gasteiger partial charge in [0.25, 0.3) is 0 Å². The normalized spacial score (nSPS) is 17.2. The Morgan fingerprint density at radius 2 is 1.22 bits per heavy atom. The molecule has 0 saturated carbocycles. The molecule has 0 spiro atoms. The summed E-state index contributed by atoms with van der Waals surface area (Å²) in [7, 11) is 0. The molecular formula is C16H32O2. The van der Waals surface area contributed by atoms with E-state index in [0.717, 1.165) is 6.42 Å². The van der Waals surface area contributed by atoms with Gasteiger partial charge in [-0.15, -0.1) is 0 Å². The van der Waals surface area contributed by atoms with E-state index in [9.17, 15) is 4.79 Å². The van der Waals surface area contributed by atoms with Gasteiger partial charge in [-0.2, -0.15) is 0 Å². The van der Waals surface area contributed by atoms with E-state index in [1.54, 1.807) is 0 Å². The van der Waals surface area contributed by atoms with Crippen molar-refractivity contribution in [2.75, 3.05) is 0 Å². The number of ether oxygens (including phenoxy) is 1. The van der Waals surface area contributed by atoms with Crippen LogP contribution in [0.25, 0.3) is 0 Å². The second kappa shape index (κ2) is 4.86. The van der Waals surface area contributed by atoms with Gasteiger partial charge >= 0.3 is 5.97 Å². The molecule has 0 aliphatic heterocycles. The standard InChI is InChI=1S/C16H32O2/c1-13(2,3)11-16(10,14(4,5)6)12(17)18-15(7,8)9/h11H2,1-10H3. The van der Waals surface area contributed by atoms with Crippen LogP contribution in [0.1, 0.15) is 75.7 Å². The first kappa shape index (κ1) is 17.5. The van der Waals surface area contributed by atoms with Crippen molar-refractivity contribution in [3.63, 3.8) is 0 Å². The molecule has 0 bridgehead atoms. The third kappa shape index (κ3) is 4.99. The molecule has 0 aliphatic carbocycles. The van der Waals surface area contributed by atoms with E-state index in [4.69, 9.17) is 4.74 Å². The summed E-state index contributed by atoms with van der Waals surface area (Å²) in [6.07, 6.45) is 0.818. The Labute approximate surface area is 113 Å². The molecule has 0 N–H and O–H groups in total. The van der Waals surface area contributed by atoms with Gasteiger partial charge in [0.1, 0.15) is 5.60 Å². The van der Waals surface area contributed by atoms with Crippen LogP contribution in [0.5, 0.6) is 0 Å². The lowest BCUT2D eigenvalue weighted by Crippen LogP contribution is -2.46. The van der Waals surface area contributed by atoms with Crippen molar-refractivity contribution in [1.82, 2.24) is 0 Å². The highest BCUT2D eigenvalue weighted by Gasteiger charge is 2.48. The number of rotatable bonds is 2. The second-order valence-electron chi connectivity index (χ2n) is 8.82. The summed E-state index contributed by atoms with van der Waals surface area (Å²) < 4.78 is 5.64. The van der Waals surface area contributed by atoms with Crippen LogP contribution < -0.4 is 0 Å². The monoisotopic (exact) mass is 256 g/mol. The van der Waals surface area contributed by atoms with E-state index < -0.39 is 11.0 Å². The largest absolute Gasteiger partial charge is 0.460 e. The molecule has 0 rings (SSSR count). The molecule has 0 heterocycles. The molecule has 0 saturated heterocycles. The highest BCUT2D eigenvalue weighted by molar-refractivity contribution is 5.77. The van der Waals surface area contributed by atoms with E-state index in [0.29, 0.717) is 0 Å². The molecule has 2 heteroatoms. The molecular weight excluding hydrogens is 224 g/mol. The van der Waals surface area contributed by atoms with Crippen molar-refractivity contribution in [2.24, 2.45) is 16.2 Å². The summed E-state index contributed by atoms with van der Waals surface area (Å²) in [5.74, 6) is -0.0857. The minimum atomic E-state index is -0.474. The van der Waals surface area contributed by atoms with E-state index in [2.05, 4.69) is 41.5 Å². The maximum atomic E-state index is 12.6. The molecule has 0 amide bonds. The van der Waals surface area contributed by atoms with Gasteiger partial charge in [0.15, 0.2) is 0 Å². The van der Waals surface area contributed by atoms with Gasteiger partial charge in [0, 0.05) is 0 Å². The van der Waals surface area contributed by atoms with Gasteiger partial charge in [0.2, 0.25) is 0 Å². The maximum absolute atomic E-state index is 12.6. The molecule has 1 atom stereocenters. The lowest BCUT2D eigenvalue weighted by Gasteiger charge is -2.44. The second-order valence-corrected chi connectivity index (χ2v) is 8.82. The first-order chi connectivity index (χ1) is 7.58. The number of hydrogen-bond donors (Lipinski definition) is 0. The summed E-state index contributed by atoms with van der Waals surface area (Å²) in [5, 5.41) is 0. The number of hydrogen-bond acceptors (Lipinski definition) is 2. The van der Waals surface area contributed by atoms with Gasteiger partial charge in [0.05, 0.1) is 5.41 Å². The molecule has 0 aliphatic rings. The zero-order valence-electron chi connectivity index (χ0n) is 14.0. The zero-order chi connectivity index (χ0) is 15.0. The SMILES string of the molecule is CC(C)(C)CC(C)(C(=O)OC(C)(C)C)C(C)(C)C. The van der Waals surface area contributed by atoms with Crippen LogP contribution in [0.2, 0.25) is 0 Å². The molecule has 0 fully saturated rings. The average Bonchev–Trinajstić information content (AvgIpc) is 1.94. The molecule has 0 aromatic heterocycles. The lowest BCUT2D eigenvalue weighted by atomic mass is 9.61. The third-order valence-electron chi connectivity index (χ3n) is 3.39. The van der Waals surface area contributed by atoms with Crippen LogP contribution in [0.3, 0.4) is 0 Å². The van der Waals surface area contributed by atoms with Crippen molar-refractivity contribution in [1.29, 1.82) is 0 Å². The zero-order valence-corrected chi connectivity index (χ0v) is 14.0. The molecule has 2 nitrogen and oxygen atoms in total.